The van der Waals surface area contributed by atoms with Gasteiger partial charge >= 0.3 is 0 Å². The van der Waals surface area contributed by atoms with Crippen LogP contribution in [0.1, 0.15) is 45.9 Å². The Hall–Kier alpha value is -0.970. The maximum absolute atomic E-state index is 4.76. The van der Waals surface area contributed by atoms with Crippen molar-refractivity contribution in [3.63, 3.8) is 0 Å². The third kappa shape index (κ3) is 3.78. The van der Waals surface area contributed by atoms with Gasteiger partial charge in [-0.25, -0.2) is 9.97 Å². The first kappa shape index (κ1) is 15.4. The van der Waals surface area contributed by atoms with E-state index in [9.17, 15) is 0 Å². The summed E-state index contributed by atoms with van der Waals surface area (Å²) < 4.78 is 0.370. The van der Waals surface area contributed by atoms with Gasteiger partial charge in [0.1, 0.15) is 17.5 Å². The van der Waals surface area contributed by atoms with Crippen molar-refractivity contribution in [2.75, 3.05) is 36.1 Å². The lowest BCUT2D eigenvalue weighted by atomic mass is 10.1. The summed E-state index contributed by atoms with van der Waals surface area (Å²) in [6.45, 7) is 11.1. The molecule has 0 bridgehead atoms. The van der Waals surface area contributed by atoms with Crippen LogP contribution in [0.4, 0.5) is 11.6 Å². The van der Waals surface area contributed by atoms with Gasteiger partial charge in [-0.3, -0.25) is 0 Å². The third-order valence-corrected chi connectivity index (χ3v) is 5.04. The minimum absolute atomic E-state index is 0.347. The largest absolute Gasteiger partial charge is 0.373 e. The molecule has 0 atom stereocenters. The number of hydrogen-bond donors (Lipinski definition) is 1. The van der Waals surface area contributed by atoms with Crippen molar-refractivity contribution in [1.29, 1.82) is 0 Å². The van der Waals surface area contributed by atoms with Crippen LogP contribution in [-0.2, 0) is 0 Å². The zero-order valence-electron chi connectivity index (χ0n) is 13.2. The van der Waals surface area contributed by atoms with Gasteiger partial charge in [0, 0.05) is 42.6 Å². The molecule has 0 saturated carbocycles. The van der Waals surface area contributed by atoms with Crippen LogP contribution in [0.15, 0.2) is 6.07 Å². The molecule has 4 nitrogen and oxygen atoms in total. The van der Waals surface area contributed by atoms with Gasteiger partial charge in [0.15, 0.2) is 0 Å². The fraction of sp³-hybridized carbons (Fsp3) is 0.733. The Bertz CT molecular complexity index is 459. The van der Waals surface area contributed by atoms with Crippen molar-refractivity contribution in [3.05, 3.63) is 11.9 Å². The standard InChI is InChI=1S/C15H26N4S/c1-11(2)14-17-12(16-5)10-13(18-14)19-7-6-15(3,4)20-9-8-19/h10-11H,6-9H2,1-5H3,(H,16,17,18). The summed E-state index contributed by atoms with van der Waals surface area (Å²) in [6.07, 6.45) is 1.19. The molecule has 1 aliphatic heterocycles. The lowest BCUT2D eigenvalue weighted by Gasteiger charge is -2.24. The topological polar surface area (TPSA) is 41.0 Å². The van der Waals surface area contributed by atoms with Crippen molar-refractivity contribution in [3.8, 4) is 0 Å². The number of aromatic nitrogens is 2. The Morgan fingerprint density at radius 3 is 2.70 bits per heavy atom. The molecule has 0 spiro atoms. The molecule has 112 valence electrons. The summed E-state index contributed by atoms with van der Waals surface area (Å²) in [4.78, 5) is 11.7. The molecule has 1 saturated heterocycles. The van der Waals surface area contributed by atoms with Gasteiger partial charge in [-0.2, -0.15) is 11.8 Å². The predicted octanol–water partition coefficient (Wildman–Crippen LogP) is 3.36. The fourth-order valence-electron chi connectivity index (χ4n) is 2.25. The van der Waals surface area contributed by atoms with Gasteiger partial charge in [0.25, 0.3) is 0 Å². The van der Waals surface area contributed by atoms with E-state index in [4.69, 9.17) is 4.98 Å². The van der Waals surface area contributed by atoms with Gasteiger partial charge < -0.3 is 10.2 Å². The van der Waals surface area contributed by atoms with E-state index in [1.165, 1.54) is 6.42 Å². The summed E-state index contributed by atoms with van der Waals surface area (Å²) in [6, 6.07) is 2.06. The zero-order chi connectivity index (χ0) is 14.8. The van der Waals surface area contributed by atoms with Crippen molar-refractivity contribution >= 4 is 23.4 Å². The smallest absolute Gasteiger partial charge is 0.135 e. The first-order chi connectivity index (χ1) is 9.41. The molecule has 0 amide bonds. The third-order valence-electron chi connectivity index (χ3n) is 3.66. The Kier molecular flexibility index (Phi) is 4.78. The van der Waals surface area contributed by atoms with Gasteiger partial charge in [-0.05, 0) is 6.42 Å². The Morgan fingerprint density at radius 1 is 1.30 bits per heavy atom. The van der Waals surface area contributed by atoms with Crippen LogP contribution in [0.2, 0.25) is 0 Å². The van der Waals surface area contributed by atoms with E-state index >= 15 is 0 Å². The van der Waals surface area contributed by atoms with E-state index in [-0.39, 0.29) is 0 Å². The Morgan fingerprint density at radius 2 is 2.05 bits per heavy atom. The second-order valence-corrected chi connectivity index (χ2v) is 8.02. The first-order valence-corrected chi connectivity index (χ1v) is 8.35. The molecular formula is C15H26N4S. The van der Waals surface area contributed by atoms with Crippen molar-refractivity contribution in [1.82, 2.24) is 9.97 Å². The van der Waals surface area contributed by atoms with E-state index < -0.39 is 0 Å². The predicted molar refractivity (Wildman–Crippen MR) is 89.0 cm³/mol. The summed E-state index contributed by atoms with van der Waals surface area (Å²) >= 11 is 2.06. The maximum atomic E-state index is 4.76. The molecular weight excluding hydrogens is 268 g/mol. The molecule has 2 heterocycles. The zero-order valence-corrected chi connectivity index (χ0v) is 14.0. The molecule has 1 N–H and O–H groups in total. The van der Waals surface area contributed by atoms with Crippen LogP contribution in [0.5, 0.6) is 0 Å². The van der Waals surface area contributed by atoms with Crippen LogP contribution in [0.3, 0.4) is 0 Å². The number of nitrogens with zero attached hydrogens (tertiary/aromatic N) is 3. The van der Waals surface area contributed by atoms with E-state index in [2.05, 4.69) is 60.7 Å². The lowest BCUT2D eigenvalue weighted by molar-refractivity contribution is 0.633. The molecule has 5 heteroatoms. The number of nitrogens with one attached hydrogen (secondary N) is 1. The average molecular weight is 294 g/mol. The van der Waals surface area contributed by atoms with Crippen LogP contribution in [0.25, 0.3) is 0 Å². The summed E-state index contributed by atoms with van der Waals surface area (Å²) in [5, 5.41) is 3.15. The molecule has 20 heavy (non-hydrogen) atoms. The van der Waals surface area contributed by atoms with E-state index in [1.807, 2.05) is 7.05 Å². The van der Waals surface area contributed by atoms with Gasteiger partial charge in [-0.15, -0.1) is 0 Å². The van der Waals surface area contributed by atoms with Crippen LogP contribution < -0.4 is 10.2 Å². The monoisotopic (exact) mass is 294 g/mol. The highest BCUT2D eigenvalue weighted by molar-refractivity contribution is 8.00. The molecule has 1 fully saturated rings. The fourth-order valence-corrected chi connectivity index (χ4v) is 3.35. The number of hydrogen-bond acceptors (Lipinski definition) is 5. The minimum Gasteiger partial charge on any atom is -0.373 e. The van der Waals surface area contributed by atoms with Crippen LogP contribution in [-0.4, -0.2) is 40.6 Å². The molecule has 1 aromatic heterocycles. The number of thioether (sulfide) groups is 1. The second kappa shape index (κ2) is 6.20. The summed E-state index contributed by atoms with van der Waals surface area (Å²) in [7, 11) is 1.91. The number of anilines is 2. The highest BCUT2D eigenvalue weighted by atomic mass is 32.2. The number of rotatable bonds is 3. The molecule has 0 unspecified atom stereocenters. The summed E-state index contributed by atoms with van der Waals surface area (Å²) in [5.41, 5.74) is 0. The van der Waals surface area contributed by atoms with Gasteiger partial charge in [0.05, 0.1) is 0 Å². The average Bonchev–Trinajstić information content (AvgIpc) is 2.59. The van der Waals surface area contributed by atoms with Crippen molar-refractivity contribution in [2.24, 2.45) is 0 Å². The Labute approximate surface area is 126 Å². The maximum Gasteiger partial charge on any atom is 0.135 e. The van der Waals surface area contributed by atoms with Crippen LogP contribution in [0, 0.1) is 0 Å². The molecule has 0 radical (unpaired) electrons. The second-order valence-electron chi connectivity index (χ2n) is 6.22. The molecule has 0 aliphatic carbocycles. The SMILES string of the molecule is CNc1cc(N2CCSC(C)(C)CC2)nc(C(C)C)n1. The van der Waals surface area contributed by atoms with Crippen molar-refractivity contribution < 1.29 is 0 Å². The van der Waals surface area contributed by atoms with Crippen LogP contribution >= 0.6 is 11.8 Å². The molecule has 1 aromatic rings. The molecule has 1 aliphatic rings. The quantitative estimate of drug-likeness (QED) is 0.925. The van der Waals surface area contributed by atoms with E-state index in [0.717, 1.165) is 36.3 Å². The normalized spacial score (nSPS) is 19.0. The molecule has 2 rings (SSSR count). The lowest BCUT2D eigenvalue weighted by Crippen LogP contribution is -2.28. The Balaban J connectivity index is 2.25. The highest BCUT2D eigenvalue weighted by Crippen LogP contribution is 2.32. The summed E-state index contributed by atoms with van der Waals surface area (Å²) in [5.74, 6) is 4.40. The van der Waals surface area contributed by atoms with Crippen molar-refractivity contribution in [2.45, 2.75) is 44.8 Å². The first-order valence-electron chi connectivity index (χ1n) is 7.37. The van der Waals surface area contributed by atoms with E-state index in [0.29, 0.717) is 10.7 Å². The van der Waals surface area contributed by atoms with Gasteiger partial charge in [0.2, 0.25) is 0 Å². The molecule has 0 aromatic carbocycles. The van der Waals surface area contributed by atoms with E-state index in [1.54, 1.807) is 0 Å². The highest BCUT2D eigenvalue weighted by Gasteiger charge is 2.24. The van der Waals surface area contributed by atoms with Gasteiger partial charge in [-0.1, -0.05) is 27.7 Å². The minimum atomic E-state index is 0.347.